The Morgan fingerprint density at radius 2 is 2.46 bits per heavy atom. The van der Waals surface area contributed by atoms with Crippen LogP contribution in [0.25, 0.3) is 0 Å². The van der Waals surface area contributed by atoms with E-state index in [0.29, 0.717) is 5.92 Å². The third kappa shape index (κ3) is 4.14. The van der Waals surface area contributed by atoms with Crippen LogP contribution in [0.2, 0.25) is 0 Å². The van der Waals surface area contributed by atoms with Gasteiger partial charge in [0.05, 0.1) is 0 Å². The Balaban J connectivity index is 2.14. The van der Waals surface area contributed by atoms with Gasteiger partial charge in [0, 0.05) is 12.5 Å². The second kappa shape index (κ2) is 6.44. The predicted molar refractivity (Wildman–Crippen MR) is 58.2 cm³/mol. The monoisotopic (exact) mass is 201 g/mol. The van der Waals surface area contributed by atoms with Crippen LogP contribution in [0.1, 0.15) is 19.3 Å². The number of hydrogen-bond acceptors (Lipinski definition) is 3. The van der Waals surface area contributed by atoms with Gasteiger partial charge in [-0.15, -0.1) is 0 Å². The molecule has 0 N–H and O–H groups in total. The zero-order valence-electron chi connectivity index (χ0n) is 8.37. The quantitative estimate of drug-likeness (QED) is 0.498. The fourth-order valence-corrected chi connectivity index (χ4v) is 2.26. The molecule has 0 spiro atoms. The van der Waals surface area contributed by atoms with Crippen molar-refractivity contribution in [2.75, 3.05) is 31.6 Å². The minimum Gasteiger partial charge on any atom is -0.303 e. The molecular weight excluding hydrogens is 182 g/mol. The summed E-state index contributed by atoms with van der Waals surface area (Å²) in [4.78, 5) is 13.0. The first-order valence-corrected chi connectivity index (χ1v) is 6.42. The fourth-order valence-electron chi connectivity index (χ4n) is 1.84. The zero-order valence-corrected chi connectivity index (χ0v) is 9.18. The Morgan fingerprint density at radius 1 is 1.62 bits per heavy atom. The van der Waals surface area contributed by atoms with E-state index in [0.717, 1.165) is 19.3 Å². The van der Waals surface area contributed by atoms with Crippen molar-refractivity contribution in [1.82, 2.24) is 4.90 Å². The maximum Gasteiger partial charge on any atom is 0.124 e. The molecule has 0 aromatic heterocycles. The number of carbonyl (C=O) groups is 1. The molecule has 0 aromatic rings. The van der Waals surface area contributed by atoms with Crippen LogP contribution in [0.5, 0.6) is 0 Å². The zero-order chi connectivity index (χ0) is 9.52. The minimum atomic E-state index is 0.308. The van der Waals surface area contributed by atoms with E-state index in [1.165, 1.54) is 31.7 Å². The molecule has 0 bridgehead atoms. The van der Waals surface area contributed by atoms with Gasteiger partial charge in [0.1, 0.15) is 6.29 Å². The molecule has 0 amide bonds. The molecule has 1 rings (SSSR count). The molecule has 1 aliphatic heterocycles. The van der Waals surface area contributed by atoms with Crippen molar-refractivity contribution in [1.29, 1.82) is 0 Å². The number of aldehydes is 1. The highest BCUT2D eigenvalue weighted by Gasteiger charge is 2.18. The molecule has 1 atom stereocenters. The van der Waals surface area contributed by atoms with Crippen LogP contribution in [0.4, 0.5) is 0 Å². The van der Waals surface area contributed by atoms with Crippen LogP contribution in [0.15, 0.2) is 0 Å². The number of piperidine rings is 1. The van der Waals surface area contributed by atoms with Crippen molar-refractivity contribution >= 4 is 18.0 Å². The van der Waals surface area contributed by atoms with Gasteiger partial charge in [0.2, 0.25) is 0 Å². The van der Waals surface area contributed by atoms with E-state index in [9.17, 15) is 4.79 Å². The lowest BCUT2D eigenvalue weighted by molar-refractivity contribution is -0.112. The standard InChI is InChI=1S/C10H19NOS/c1-13-7-3-6-11-5-2-4-10(8-11)9-12/h9-10H,2-8H2,1H3. The molecule has 0 aliphatic carbocycles. The highest BCUT2D eigenvalue weighted by Crippen LogP contribution is 2.14. The maximum absolute atomic E-state index is 10.6. The highest BCUT2D eigenvalue weighted by atomic mass is 32.2. The van der Waals surface area contributed by atoms with E-state index in [2.05, 4.69) is 11.2 Å². The van der Waals surface area contributed by atoms with Crippen molar-refractivity contribution in [2.45, 2.75) is 19.3 Å². The molecular formula is C10H19NOS. The Morgan fingerprint density at radius 3 is 3.15 bits per heavy atom. The maximum atomic E-state index is 10.6. The topological polar surface area (TPSA) is 20.3 Å². The number of nitrogens with zero attached hydrogens (tertiary/aromatic N) is 1. The molecule has 1 aliphatic rings. The smallest absolute Gasteiger partial charge is 0.124 e. The second-order valence-corrected chi connectivity index (χ2v) is 4.67. The summed E-state index contributed by atoms with van der Waals surface area (Å²) in [6, 6.07) is 0. The molecule has 2 nitrogen and oxygen atoms in total. The Kier molecular flexibility index (Phi) is 5.47. The van der Waals surface area contributed by atoms with E-state index in [4.69, 9.17) is 0 Å². The normalized spacial score (nSPS) is 24.5. The third-order valence-corrected chi connectivity index (χ3v) is 3.25. The van der Waals surface area contributed by atoms with Gasteiger partial charge >= 0.3 is 0 Å². The molecule has 0 aromatic carbocycles. The van der Waals surface area contributed by atoms with Gasteiger partial charge < -0.3 is 9.69 Å². The summed E-state index contributed by atoms with van der Waals surface area (Å²) in [5.41, 5.74) is 0. The largest absolute Gasteiger partial charge is 0.303 e. The molecule has 1 saturated heterocycles. The van der Waals surface area contributed by atoms with Crippen molar-refractivity contribution in [3.63, 3.8) is 0 Å². The van der Waals surface area contributed by atoms with Crippen molar-refractivity contribution in [3.05, 3.63) is 0 Å². The van der Waals surface area contributed by atoms with Gasteiger partial charge in [-0.05, 0) is 44.4 Å². The summed E-state index contributed by atoms with van der Waals surface area (Å²) in [6.07, 6.45) is 6.82. The van der Waals surface area contributed by atoms with Gasteiger partial charge in [-0.1, -0.05) is 0 Å². The Bertz CT molecular complexity index is 152. The molecule has 3 heteroatoms. The summed E-state index contributed by atoms with van der Waals surface area (Å²) in [6.45, 7) is 3.36. The van der Waals surface area contributed by atoms with Gasteiger partial charge in [0.25, 0.3) is 0 Å². The van der Waals surface area contributed by atoms with Crippen LogP contribution >= 0.6 is 11.8 Å². The van der Waals surface area contributed by atoms with Crippen molar-refractivity contribution in [2.24, 2.45) is 5.92 Å². The molecule has 1 fully saturated rings. The first-order valence-electron chi connectivity index (χ1n) is 5.03. The summed E-state index contributed by atoms with van der Waals surface area (Å²) in [7, 11) is 0. The number of hydrogen-bond donors (Lipinski definition) is 0. The van der Waals surface area contributed by atoms with E-state index < -0.39 is 0 Å². The number of thioether (sulfide) groups is 1. The first-order chi connectivity index (χ1) is 6.36. The van der Waals surface area contributed by atoms with Crippen LogP contribution in [0, 0.1) is 5.92 Å². The SMILES string of the molecule is CSCCCN1CCCC(C=O)C1. The predicted octanol–water partition coefficient (Wildman–Crippen LogP) is 1.65. The molecule has 76 valence electrons. The van der Waals surface area contributed by atoms with Gasteiger partial charge in [-0.3, -0.25) is 0 Å². The summed E-state index contributed by atoms with van der Waals surface area (Å²) < 4.78 is 0. The Labute approximate surface area is 85.1 Å². The van der Waals surface area contributed by atoms with Crippen LogP contribution in [-0.4, -0.2) is 42.8 Å². The van der Waals surface area contributed by atoms with Gasteiger partial charge in [-0.2, -0.15) is 11.8 Å². The Hall–Kier alpha value is -0.0200. The molecule has 0 radical (unpaired) electrons. The number of likely N-dealkylation sites (tertiary alicyclic amines) is 1. The van der Waals surface area contributed by atoms with E-state index in [-0.39, 0.29) is 0 Å². The summed E-state index contributed by atoms with van der Waals surface area (Å²) in [5, 5.41) is 0. The fraction of sp³-hybridized carbons (Fsp3) is 0.900. The van der Waals surface area contributed by atoms with Gasteiger partial charge in [-0.25, -0.2) is 0 Å². The van der Waals surface area contributed by atoms with Crippen LogP contribution in [0.3, 0.4) is 0 Å². The lowest BCUT2D eigenvalue weighted by Gasteiger charge is -2.29. The lowest BCUT2D eigenvalue weighted by Crippen LogP contribution is -2.36. The number of carbonyl (C=O) groups excluding carboxylic acids is 1. The van der Waals surface area contributed by atoms with E-state index >= 15 is 0 Å². The van der Waals surface area contributed by atoms with Crippen LogP contribution in [-0.2, 0) is 4.79 Å². The third-order valence-electron chi connectivity index (χ3n) is 2.56. The summed E-state index contributed by atoms with van der Waals surface area (Å²) in [5.74, 6) is 1.55. The lowest BCUT2D eigenvalue weighted by atomic mass is 10.00. The molecule has 0 saturated carbocycles. The van der Waals surface area contributed by atoms with E-state index in [1.54, 1.807) is 0 Å². The van der Waals surface area contributed by atoms with E-state index in [1.807, 2.05) is 11.8 Å². The average molecular weight is 201 g/mol. The average Bonchev–Trinajstić information content (AvgIpc) is 2.19. The molecule has 1 heterocycles. The van der Waals surface area contributed by atoms with Gasteiger partial charge in [0.15, 0.2) is 0 Å². The van der Waals surface area contributed by atoms with Crippen molar-refractivity contribution < 1.29 is 4.79 Å². The summed E-state index contributed by atoms with van der Waals surface area (Å²) >= 11 is 1.90. The first kappa shape index (κ1) is 11.1. The second-order valence-electron chi connectivity index (χ2n) is 3.69. The number of rotatable bonds is 5. The van der Waals surface area contributed by atoms with Crippen molar-refractivity contribution in [3.8, 4) is 0 Å². The highest BCUT2D eigenvalue weighted by molar-refractivity contribution is 7.98. The van der Waals surface area contributed by atoms with Crippen LogP contribution < -0.4 is 0 Å². The molecule has 13 heavy (non-hydrogen) atoms. The minimum absolute atomic E-state index is 0.308. The molecule has 1 unspecified atom stereocenters.